The first-order chi connectivity index (χ1) is 9.99. The fourth-order valence-corrected chi connectivity index (χ4v) is 1.69. The van der Waals surface area contributed by atoms with E-state index in [1.807, 2.05) is 31.2 Å². The van der Waals surface area contributed by atoms with Crippen LogP contribution in [0.3, 0.4) is 0 Å². The summed E-state index contributed by atoms with van der Waals surface area (Å²) >= 11 is 0. The first-order valence-electron chi connectivity index (χ1n) is 6.93. The summed E-state index contributed by atoms with van der Waals surface area (Å²) in [6, 6.07) is 6.91. The number of aliphatic carboxylic acids is 1. The van der Waals surface area contributed by atoms with Crippen molar-refractivity contribution in [3.05, 3.63) is 35.4 Å². The molecule has 1 rings (SSSR count). The van der Waals surface area contributed by atoms with Gasteiger partial charge in [0.1, 0.15) is 12.6 Å². The molecule has 0 unspecified atom stereocenters. The molecule has 0 aliphatic rings. The van der Waals surface area contributed by atoms with Crippen molar-refractivity contribution in [1.29, 1.82) is 0 Å². The molecule has 0 fully saturated rings. The largest absolute Gasteiger partial charge is 0.480 e. The number of ether oxygens (including phenoxy) is 1. The van der Waals surface area contributed by atoms with E-state index in [1.54, 1.807) is 0 Å². The number of unbranched alkanes of at least 4 members (excludes halogenated alkanes) is 1. The van der Waals surface area contributed by atoms with Gasteiger partial charge < -0.3 is 20.9 Å². The van der Waals surface area contributed by atoms with Gasteiger partial charge in [0.15, 0.2) is 0 Å². The lowest BCUT2D eigenvalue weighted by Gasteiger charge is -2.08. The van der Waals surface area contributed by atoms with Gasteiger partial charge in [0, 0.05) is 6.54 Å². The van der Waals surface area contributed by atoms with Gasteiger partial charge in [-0.15, -0.1) is 0 Å². The lowest BCUT2D eigenvalue weighted by atomic mass is 10.1. The lowest BCUT2D eigenvalue weighted by molar-refractivity contribution is -0.138. The molecule has 0 aromatic heterocycles. The number of rotatable bonds is 8. The third-order valence-electron chi connectivity index (χ3n) is 3.02. The maximum absolute atomic E-state index is 11.4. The first kappa shape index (κ1) is 17.0. The maximum Gasteiger partial charge on any atom is 0.407 e. The number of hydrogen-bond acceptors (Lipinski definition) is 4. The summed E-state index contributed by atoms with van der Waals surface area (Å²) in [6.07, 6.45) is 1.24. The van der Waals surface area contributed by atoms with Crippen LogP contribution in [-0.4, -0.2) is 29.8 Å². The van der Waals surface area contributed by atoms with Crippen LogP contribution in [0.1, 0.15) is 30.4 Å². The predicted molar refractivity (Wildman–Crippen MR) is 78.8 cm³/mol. The molecule has 21 heavy (non-hydrogen) atoms. The van der Waals surface area contributed by atoms with Gasteiger partial charge in [0.25, 0.3) is 0 Å². The molecule has 0 radical (unpaired) electrons. The van der Waals surface area contributed by atoms with Crippen LogP contribution >= 0.6 is 0 Å². The Morgan fingerprint density at radius 3 is 2.57 bits per heavy atom. The molecule has 0 aliphatic heterocycles. The van der Waals surface area contributed by atoms with E-state index in [2.05, 4.69) is 5.32 Å². The zero-order valence-electron chi connectivity index (χ0n) is 12.2. The Morgan fingerprint density at radius 2 is 1.95 bits per heavy atom. The van der Waals surface area contributed by atoms with Crippen LogP contribution in [0.25, 0.3) is 0 Å². The Balaban J connectivity index is 2.09. The Hall–Kier alpha value is -2.08. The highest BCUT2D eigenvalue weighted by Crippen LogP contribution is 2.04. The standard InChI is InChI=1S/C15H22N2O4/c1-11-5-7-12(8-6-11)10-21-15(20)17-9-3-2-4-13(16)14(18)19/h5-8,13H,2-4,9-10,16H2,1H3,(H,17,20)(H,18,19)/t13-/m0/s1. The van der Waals surface area contributed by atoms with E-state index < -0.39 is 18.1 Å². The molecule has 6 heteroatoms. The molecule has 0 saturated heterocycles. The van der Waals surface area contributed by atoms with Crippen molar-refractivity contribution in [1.82, 2.24) is 5.32 Å². The summed E-state index contributed by atoms with van der Waals surface area (Å²) in [5.74, 6) is -1.000. The van der Waals surface area contributed by atoms with Gasteiger partial charge in [0.05, 0.1) is 0 Å². The van der Waals surface area contributed by atoms with E-state index in [0.29, 0.717) is 25.8 Å². The summed E-state index contributed by atoms with van der Waals surface area (Å²) in [7, 11) is 0. The molecule has 0 heterocycles. The van der Waals surface area contributed by atoms with Crippen LogP contribution in [0.4, 0.5) is 4.79 Å². The van der Waals surface area contributed by atoms with Crippen LogP contribution in [0.5, 0.6) is 0 Å². The number of hydrogen-bond donors (Lipinski definition) is 3. The highest BCUT2D eigenvalue weighted by molar-refractivity contribution is 5.72. The number of nitrogens with two attached hydrogens (primary N) is 1. The van der Waals surface area contributed by atoms with E-state index in [4.69, 9.17) is 15.6 Å². The normalized spacial score (nSPS) is 11.7. The molecule has 0 saturated carbocycles. The number of amides is 1. The third-order valence-corrected chi connectivity index (χ3v) is 3.02. The minimum Gasteiger partial charge on any atom is -0.480 e. The SMILES string of the molecule is Cc1ccc(COC(=O)NCCCC[C@H](N)C(=O)O)cc1. The molecule has 1 aromatic carbocycles. The molecule has 1 amide bonds. The van der Waals surface area contributed by atoms with E-state index in [9.17, 15) is 9.59 Å². The summed E-state index contributed by atoms with van der Waals surface area (Å²) in [5.41, 5.74) is 7.46. The average molecular weight is 294 g/mol. The Bertz CT molecular complexity index is 459. The van der Waals surface area contributed by atoms with Crippen LogP contribution in [0.15, 0.2) is 24.3 Å². The molecule has 6 nitrogen and oxygen atoms in total. The predicted octanol–water partition coefficient (Wildman–Crippen LogP) is 1.80. The molecule has 4 N–H and O–H groups in total. The second-order valence-corrected chi connectivity index (χ2v) is 4.93. The van der Waals surface area contributed by atoms with Gasteiger partial charge in [-0.1, -0.05) is 29.8 Å². The van der Waals surface area contributed by atoms with Gasteiger partial charge in [-0.2, -0.15) is 0 Å². The number of aryl methyl sites for hydroxylation is 1. The van der Waals surface area contributed by atoms with Gasteiger partial charge >= 0.3 is 12.1 Å². The van der Waals surface area contributed by atoms with Crippen molar-refractivity contribution in [2.24, 2.45) is 5.73 Å². The molecule has 116 valence electrons. The van der Waals surface area contributed by atoms with Crippen LogP contribution in [0, 0.1) is 6.92 Å². The third kappa shape index (κ3) is 7.31. The molecule has 0 bridgehead atoms. The zero-order chi connectivity index (χ0) is 15.7. The van der Waals surface area contributed by atoms with Crippen LogP contribution in [0.2, 0.25) is 0 Å². The van der Waals surface area contributed by atoms with Crippen molar-refractivity contribution in [3.63, 3.8) is 0 Å². The number of nitrogens with one attached hydrogen (secondary N) is 1. The van der Waals surface area contributed by atoms with Crippen molar-refractivity contribution < 1.29 is 19.4 Å². The van der Waals surface area contributed by atoms with Gasteiger partial charge in [-0.3, -0.25) is 4.79 Å². The number of carbonyl (C=O) groups is 2. The topological polar surface area (TPSA) is 102 Å². The fourth-order valence-electron chi connectivity index (χ4n) is 1.69. The van der Waals surface area contributed by atoms with Crippen molar-refractivity contribution in [2.75, 3.05) is 6.54 Å². The zero-order valence-corrected chi connectivity index (χ0v) is 12.2. The molecular weight excluding hydrogens is 272 g/mol. The number of carbonyl (C=O) groups excluding carboxylic acids is 1. The lowest BCUT2D eigenvalue weighted by Crippen LogP contribution is -2.30. The smallest absolute Gasteiger partial charge is 0.407 e. The van der Waals surface area contributed by atoms with Crippen LogP contribution < -0.4 is 11.1 Å². The summed E-state index contributed by atoms with van der Waals surface area (Å²) in [4.78, 5) is 21.9. The van der Waals surface area contributed by atoms with E-state index in [-0.39, 0.29) is 6.61 Å². The Kier molecular flexibility index (Phi) is 7.25. The van der Waals surface area contributed by atoms with E-state index in [0.717, 1.165) is 11.1 Å². The molecule has 0 aliphatic carbocycles. The van der Waals surface area contributed by atoms with Gasteiger partial charge in [-0.05, 0) is 31.7 Å². The molecular formula is C15H22N2O4. The molecule has 0 spiro atoms. The second kappa shape index (κ2) is 8.97. The minimum atomic E-state index is -1.000. The quantitative estimate of drug-likeness (QED) is 0.635. The highest BCUT2D eigenvalue weighted by Gasteiger charge is 2.10. The number of alkyl carbamates (subject to hydrolysis) is 1. The van der Waals surface area contributed by atoms with Crippen molar-refractivity contribution in [2.45, 2.75) is 38.8 Å². The summed E-state index contributed by atoms with van der Waals surface area (Å²) in [5, 5.41) is 11.2. The summed E-state index contributed by atoms with van der Waals surface area (Å²) in [6.45, 7) is 2.67. The van der Waals surface area contributed by atoms with Gasteiger partial charge in [-0.25, -0.2) is 4.79 Å². The molecule has 1 aromatic rings. The number of benzene rings is 1. The minimum absolute atomic E-state index is 0.232. The number of carboxylic acids is 1. The second-order valence-electron chi connectivity index (χ2n) is 4.93. The van der Waals surface area contributed by atoms with Crippen molar-refractivity contribution >= 4 is 12.1 Å². The average Bonchev–Trinajstić information content (AvgIpc) is 2.46. The monoisotopic (exact) mass is 294 g/mol. The number of carboxylic acid groups (broad SMARTS) is 1. The Morgan fingerprint density at radius 1 is 1.29 bits per heavy atom. The highest BCUT2D eigenvalue weighted by atomic mass is 16.5. The fraction of sp³-hybridized carbons (Fsp3) is 0.467. The maximum atomic E-state index is 11.4. The van der Waals surface area contributed by atoms with Crippen molar-refractivity contribution in [3.8, 4) is 0 Å². The summed E-state index contributed by atoms with van der Waals surface area (Å²) < 4.78 is 5.06. The van der Waals surface area contributed by atoms with E-state index in [1.165, 1.54) is 0 Å². The first-order valence-corrected chi connectivity index (χ1v) is 6.93. The van der Waals surface area contributed by atoms with Crippen LogP contribution in [-0.2, 0) is 16.1 Å². The molecule has 1 atom stereocenters. The van der Waals surface area contributed by atoms with E-state index >= 15 is 0 Å². The Labute approximate surface area is 124 Å². The van der Waals surface area contributed by atoms with Gasteiger partial charge in [0.2, 0.25) is 0 Å².